The molecule has 1 aromatic carbocycles. The third kappa shape index (κ3) is 2.29. The van der Waals surface area contributed by atoms with Gasteiger partial charge in [0.2, 0.25) is 0 Å². The Bertz CT molecular complexity index is 488. The van der Waals surface area contributed by atoms with Crippen LogP contribution in [0.3, 0.4) is 0 Å². The molecule has 1 heterocycles. The lowest BCUT2D eigenvalue weighted by atomic mass is 10.1. The Labute approximate surface area is 102 Å². The van der Waals surface area contributed by atoms with E-state index in [1.165, 1.54) is 13.0 Å². The highest BCUT2D eigenvalue weighted by atomic mass is 19.3. The Morgan fingerprint density at radius 2 is 1.94 bits per heavy atom. The van der Waals surface area contributed by atoms with E-state index in [1.807, 2.05) is 13.8 Å². The smallest absolute Gasteiger partial charge is 0.477 e. The number of benzene rings is 1. The summed E-state index contributed by atoms with van der Waals surface area (Å²) in [6.45, 7) is 5.49. The molecule has 1 aliphatic rings. The number of halogens is 2. The molecule has 100 valence electrons. The van der Waals surface area contributed by atoms with Crippen LogP contribution >= 0.6 is 0 Å². The minimum atomic E-state index is -3.85. The zero-order valence-corrected chi connectivity index (χ0v) is 10.1. The largest absolute Gasteiger partial charge is 0.586 e. The lowest BCUT2D eigenvalue weighted by molar-refractivity contribution is -0.286. The molecule has 0 aromatic heterocycles. The van der Waals surface area contributed by atoms with E-state index in [0.29, 0.717) is 5.56 Å². The fourth-order valence-electron chi connectivity index (χ4n) is 1.44. The number of hydrogen-bond donors (Lipinski definition) is 2. The van der Waals surface area contributed by atoms with E-state index in [0.717, 1.165) is 0 Å². The third-order valence-electron chi connectivity index (χ3n) is 2.16. The van der Waals surface area contributed by atoms with Crippen LogP contribution in [0.25, 0.3) is 0 Å². The molecule has 0 radical (unpaired) electrons. The van der Waals surface area contributed by atoms with Crippen molar-refractivity contribution in [3.05, 3.63) is 17.2 Å². The van der Waals surface area contributed by atoms with Crippen LogP contribution in [0.2, 0.25) is 0 Å². The highest BCUT2D eigenvalue weighted by molar-refractivity contribution is 5.99. The second kappa shape index (κ2) is 4.67. The number of nitrogens with two attached hydrogens (primary N) is 1. The van der Waals surface area contributed by atoms with Gasteiger partial charge in [-0.15, -0.1) is 8.78 Å². The second-order valence-electron chi connectivity index (χ2n) is 3.28. The molecule has 0 aliphatic carbocycles. The normalized spacial score (nSPS) is 14.7. The highest BCUT2D eigenvalue weighted by Crippen LogP contribution is 2.46. The van der Waals surface area contributed by atoms with Crippen molar-refractivity contribution in [1.82, 2.24) is 0 Å². The average Bonchev–Trinajstić information content (AvgIpc) is 2.55. The van der Waals surface area contributed by atoms with Gasteiger partial charge in [0.25, 0.3) is 0 Å². The molecule has 0 atom stereocenters. The summed E-state index contributed by atoms with van der Waals surface area (Å²) in [5, 5.41) is 8.86. The predicted octanol–water partition coefficient (Wildman–Crippen LogP) is 2.62. The Hall–Kier alpha value is -2.05. The van der Waals surface area contributed by atoms with Gasteiger partial charge in [0.15, 0.2) is 11.5 Å². The van der Waals surface area contributed by atoms with E-state index in [2.05, 4.69) is 9.47 Å². The van der Waals surface area contributed by atoms with Crippen molar-refractivity contribution < 1.29 is 28.2 Å². The van der Waals surface area contributed by atoms with Crippen molar-refractivity contribution in [3.8, 4) is 11.5 Å². The quantitative estimate of drug-likeness (QED) is 0.759. The molecule has 1 aromatic rings. The molecule has 0 bridgehead atoms. The molecule has 7 heteroatoms. The zero-order valence-electron chi connectivity index (χ0n) is 10.1. The van der Waals surface area contributed by atoms with Crippen LogP contribution in [0.1, 0.15) is 29.8 Å². The number of fused-ring (bicyclic) bond motifs is 1. The molecule has 0 amide bonds. The maximum atomic E-state index is 12.8. The number of carboxylic acids is 1. The van der Waals surface area contributed by atoms with Gasteiger partial charge >= 0.3 is 12.3 Å². The van der Waals surface area contributed by atoms with E-state index in [4.69, 9.17) is 10.8 Å². The molecule has 3 N–H and O–H groups in total. The summed E-state index contributed by atoms with van der Waals surface area (Å²) in [6.07, 6.45) is -3.85. The summed E-state index contributed by atoms with van der Waals surface area (Å²) in [6, 6.07) is 1.21. The Kier molecular flexibility index (Phi) is 3.64. The summed E-state index contributed by atoms with van der Waals surface area (Å²) < 4.78 is 33.8. The van der Waals surface area contributed by atoms with Crippen LogP contribution < -0.4 is 15.2 Å². The third-order valence-corrected chi connectivity index (χ3v) is 2.16. The molecule has 1 aliphatic heterocycles. The SMILES string of the molecule is CC.Cc1cc2c(c(C(=O)O)c1N)OC(F)(F)O2. The number of aryl methyl sites for hydroxylation is 1. The van der Waals surface area contributed by atoms with Crippen LogP contribution in [0.4, 0.5) is 14.5 Å². The monoisotopic (exact) mass is 261 g/mol. The average molecular weight is 261 g/mol. The lowest BCUT2D eigenvalue weighted by Crippen LogP contribution is -2.26. The Morgan fingerprint density at radius 3 is 2.44 bits per heavy atom. The zero-order chi connectivity index (χ0) is 14.1. The van der Waals surface area contributed by atoms with Gasteiger partial charge in [-0.25, -0.2) is 4.79 Å². The fourth-order valence-corrected chi connectivity index (χ4v) is 1.44. The molecule has 0 saturated carbocycles. The molecule has 0 saturated heterocycles. The maximum Gasteiger partial charge on any atom is 0.586 e. The molecule has 5 nitrogen and oxygen atoms in total. The number of carbonyl (C=O) groups is 1. The van der Waals surface area contributed by atoms with Crippen LogP contribution in [0.15, 0.2) is 6.07 Å². The standard InChI is InChI=1S/C9H7F2NO4.C2H6/c1-3-2-4-7(16-9(10,11)15-4)5(6(3)12)8(13)14;1-2/h2H,12H2,1H3,(H,13,14);1-2H3. The second-order valence-corrected chi connectivity index (χ2v) is 3.28. The molecule has 0 spiro atoms. The highest BCUT2D eigenvalue weighted by Gasteiger charge is 2.46. The van der Waals surface area contributed by atoms with E-state index in [-0.39, 0.29) is 11.4 Å². The van der Waals surface area contributed by atoms with Gasteiger partial charge in [-0.1, -0.05) is 13.8 Å². The van der Waals surface area contributed by atoms with Crippen LogP contribution in [0.5, 0.6) is 11.5 Å². The summed E-state index contributed by atoms with van der Waals surface area (Å²) in [7, 11) is 0. The number of aromatic carboxylic acids is 1. The number of anilines is 1. The van der Waals surface area contributed by atoms with Crippen molar-refractivity contribution in [2.24, 2.45) is 0 Å². The number of nitrogen functional groups attached to an aromatic ring is 1. The minimum Gasteiger partial charge on any atom is -0.477 e. The fraction of sp³-hybridized carbons (Fsp3) is 0.364. The Balaban J connectivity index is 0.000000771. The van der Waals surface area contributed by atoms with Crippen LogP contribution in [0, 0.1) is 6.92 Å². The summed E-state index contributed by atoms with van der Waals surface area (Å²) in [5.41, 5.74) is 5.19. The van der Waals surface area contributed by atoms with E-state index in [9.17, 15) is 13.6 Å². The Morgan fingerprint density at radius 1 is 1.39 bits per heavy atom. The van der Waals surface area contributed by atoms with Gasteiger partial charge < -0.3 is 20.3 Å². The molecular formula is C11H13F2NO4. The number of carboxylic acid groups (broad SMARTS) is 1. The topological polar surface area (TPSA) is 81.8 Å². The van der Waals surface area contributed by atoms with E-state index in [1.54, 1.807) is 0 Å². The van der Waals surface area contributed by atoms with Crippen molar-refractivity contribution in [1.29, 1.82) is 0 Å². The van der Waals surface area contributed by atoms with Gasteiger partial charge in [-0.05, 0) is 18.6 Å². The van der Waals surface area contributed by atoms with Crippen LogP contribution in [-0.4, -0.2) is 17.4 Å². The van der Waals surface area contributed by atoms with Gasteiger partial charge in [-0.3, -0.25) is 0 Å². The first-order valence-corrected chi connectivity index (χ1v) is 5.24. The molecule has 0 fully saturated rings. The van der Waals surface area contributed by atoms with Crippen molar-refractivity contribution in [3.63, 3.8) is 0 Å². The first-order chi connectivity index (χ1) is 8.32. The van der Waals surface area contributed by atoms with Crippen molar-refractivity contribution in [2.45, 2.75) is 27.1 Å². The minimum absolute atomic E-state index is 0.118. The lowest BCUT2D eigenvalue weighted by Gasteiger charge is -2.07. The number of hydrogen-bond acceptors (Lipinski definition) is 4. The molecule has 0 unspecified atom stereocenters. The molecule has 18 heavy (non-hydrogen) atoms. The predicted molar refractivity (Wildman–Crippen MR) is 60.1 cm³/mol. The summed E-state index contributed by atoms with van der Waals surface area (Å²) in [5.74, 6) is -2.31. The van der Waals surface area contributed by atoms with Crippen molar-refractivity contribution in [2.75, 3.05) is 5.73 Å². The molecular weight excluding hydrogens is 248 g/mol. The maximum absolute atomic E-state index is 12.8. The number of rotatable bonds is 1. The van der Waals surface area contributed by atoms with Crippen molar-refractivity contribution >= 4 is 11.7 Å². The molecule has 2 rings (SSSR count). The summed E-state index contributed by atoms with van der Waals surface area (Å²) in [4.78, 5) is 10.9. The van der Waals surface area contributed by atoms with E-state index >= 15 is 0 Å². The number of alkyl halides is 2. The van der Waals surface area contributed by atoms with Gasteiger partial charge in [0, 0.05) is 0 Å². The summed E-state index contributed by atoms with van der Waals surface area (Å²) >= 11 is 0. The van der Waals surface area contributed by atoms with Crippen LogP contribution in [-0.2, 0) is 0 Å². The van der Waals surface area contributed by atoms with Gasteiger partial charge in [-0.2, -0.15) is 0 Å². The first kappa shape index (κ1) is 14.0. The van der Waals surface area contributed by atoms with Gasteiger partial charge in [0.1, 0.15) is 5.56 Å². The first-order valence-electron chi connectivity index (χ1n) is 5.24. The number of ether oxygens (including phenoxy) is 2. The van der Waals surface area contributed by atoms with E-state index < -0.39 is 23.6 Å². The van der Waals surface area contributed by atoms with Gasteiger partial charge in [0.05, 0.1) is 5.69 Å².